The summed E-state index contributed by atoms with van der Waals surface area (Å²) in [5.41, 5.74) is -0.952. The van der Waals surface area contributed by atoms with E-state index in [9.17, 15) is 14.4 Å². The molecule has 6 nitrogen and oxygen atoms in total. The van der Waals surface area contributed by atoms with Gasteiger partial charge in [-0.25, -0.2) is 4.79 Å². The Kier molecular flexibility index (Phi) is 2.57. The average Bonchev–Trinajstić information content (AvgIpc) is 2.10. The van der Waals surface area contributed by atoms with Crippen LogP contribution in [-0.2, 0) is 19.1 Å². The van der Waals surface area contributed by atoms with Crippen molar-refractivity contribution in [3.05, 3.63) is 0 Å². The van der Waals surface area contributed by atoms with E-state index in [2.05, 4.69) is 15.4 Å². The molecule has 1 rings (SSSR count). The number of imide groups is 1. The van der Waals surface area contributed by atoms with Crippen molar-refractivity contribution in [3.8, 4) is 0 Å². The molecule has 14 heavy (non-hydrogen) atoms. The van der Waals surface area contributed by atoms with Crippen molar-refractivity contribution in [3.63, 3.8) is 0 Å². The van der Waals surface area contributed by atoms with Gasteiger partial charge < -0.3 is 4.74 Å². The average molecular weight is 200 g/mol. The normalized spacial score (nSPS) is 25.5. The largest absolute Gasteiger partial charge is 0.467 e. The predicted molar refractivity (Wildman–Crippen MR) is 46.2 cm³/mol. The van der Waals surface area contributed by atoms with Gasteiger partial charge in [-0.05, 0) is 13.8 Å². The van der Waals surface area contributed by atoms with Crippen LogP contribution in [0.25, 0.3) is 0 Å². The number of piperazine rings is 1. The monoisotopic (exact) mass is 200 g/mol. The van der Waals surface area contributed by atoms with Crippen molar-refractivity contribution in [2.75, 3.05) is 7.11 Å². The second-order valence-electron chi connectivity index (χ2n) is 3.54. The van der Waals surface area contributed by atoms with Gasteiger partial charge in [-0.1, -0.05) is 0 Å². The van der Waals surface area contributed by atoms with Gasteiger partial charge in [0.05, 0.1) is 12.6 Å². The van der Waals surface area contributed by atoms with E-state index in [1.807, 2.05) is 0 Å². The molecule has 2 N–H and O–H groups in total. The zero-order valence-electron chi connectivity index (χ0n) is 8.21. The summed E-state index contributed by atoms with van der Waals surface area (Å²) in [5, 5.41) is 4.70. The van der Waals surface area contributed by atoms with E-state index in [0.717, 1.165) is 0 Å². The van der Waals surface area contributed by atoms with Gasteiger partial charge >= 0.3 is 5.97 Å². The maximum Gasteiger partial charge on any atom is 0.332 e. The maximum absolute atomic E-state index is 11.2. The molecule has 0 aromatic heterocycles. The quantitative estimate of drug-likeness (QED) is 0.307. The van der Waals surface area contributed by atoms with Crippen LogP contribution in [0.5, 0.6) is 0 Å². The zero-order chi connectivity index (χ0) is 10.9. The first kappa shape index (κ1) is 10.6. The van der Waals surface area contributed by atoms with Crippen LogP contribution < -0.4 is 10.6 Å². The maximum atomic E-state index is 11.2. The van der Waals surface area contributed by atoms with Crippen LogP contribution in [0, 0.1) is 0 Å². The number of hydrogen-bond donors (Lipinski definition) is 2. The summed E-state index contributed by atoms with van der Waals surface area (Å²) in [5.74, 6) is -1.84. The van der Waals surface area contributed by atoms with Crippen molar-refractivity contribution in [1.82, 2.24) is 10.6 Å². The summed E-state index contributed by atoms with van der Waals surface area (Å²) in [6.45, 7) is 3.15. The molecule has 1 heterocycles. The van der Waals surface area contributed by atoms with Gasteiger partial charge in [0.25, 0.3) is 5.91 Å². The lowest BCUT2D eigenvalue weighted by atomic mass is 9.99. The van der Waals surface area contributed by atoms with Crippen molar-refractivity contribution in [1.29, 1.82) is 0 Å². The fourth-order valence-corrected chi connectivity index (χ4v) is 1.12. The molecule has 2 amide bonds. The Morgan fingerprint density at radius 1 is 1.43 bits per heavy atom. The molecule has 0 spiro atoms. The number of rotatable bonds is 1. The van der Waals surface area contributed by atoms with Crippen LogP contribution in [0.15, 0.2) is 0 Å². The lowest BCUT2D eigenvalue weighted by molar-refractivity contribution is -0.152. The summed E-state index contributed by atoms with van der Waals surface area (Å²) >= 11 is 0. The highest BCUT2D eigenvalue weighted by Crippen LogP contribution is 2.09. The molecular weight excluding hydrogens is 188 g/mol. The van der Waals surface area contributed by atoms with E-state index in [1.54, 1.807) is 13.8 Å². The standard InChI is InChI=1S/C8H12N2O4/c1-8(2)7(13)9-5(11)4(10-8)6(12)14-3/h4,10H,1-3H3,(H,9,11,13). The van der Waals surface area contributed by atoms with Crippen LogP contribution >= 0.6 is 0 Å². The molecule has 0 saturated carbocycles. The van der Waals surface area contributed by atoms with Gasteiger partial charge in [0.15, 0.2) is 6.04 Å². The number of carbonyl (C=O) groups excluding carboxylic acids is 3. The third kappa shape index (κ3) is 1.74. The summed E-state index contributed by atoms with van der Waals surface area (Å²) in [6.07, 6.45) is 0. The number of ether oxygens (including phenoxy) is 1. The first-order chi connectivity index (χ1) is 6.38. The predicted octanol–water partition coefficient (Wildman–Crippen LogP) is -1.45. The van der Waals surface area contributed by atoms with E-state index in [1.165, 1.54) is 7.11 Å². The molecule has 0 aromatic rings. The first-order valence-corrected chi connectivity index (χ1v) is 4.09. The van der Waals surface area contributed by atoms with Gasteiger partial charge in [0, 0.05) is 0 Å². The third-order valence-electron chi connectivity index (χ3n) is 2.01. The Hall–Kier alpha value is -1.43. The minimum absolute atomic E-state index is 0.456. The number of hydrogen-bond acceptors (Lipinski definition) is 5. The zero-order valence-corrected chi connectivity index (χ0v) is 8.21. The Labute approximate surface area is 81.0 Å². The molecular formula is C8H12N2O4. The molecule has 0 aliphatic carbocycles. The van der Waals surface area contributed by atoms with E-state index < -0.39 is 29.4 Å². The van der Waals surface area contributed by atoms with Crippen LogP contribution in [-0.4, -0.2) is 36.5 Å². The lowest BCUT2D eigenvalue weighted by Crippen LogP contribution is -2.69. The summed E-state index contributed by atoms with van der Waals surface area (Å²) in [4.78, 5) is 33.5. The Bertz CT molecular complexity index is 298. The van der Waals surface area contributed by atoms with Gasteiger partial charge in [-0.3, -0.25) is 20.2 Å². The molecule has 0 bridgehead atoms. The van der Waals surface area contributed by atoms with Gasteiger partial charge in [-0.15, -0.1) is 0 Å². The van der Waals surface area contributed by atoms with Crippen molar-refractivity contribution in [2.45, 2.75) is 25.4 Å². The van der Waals surface area contributed by atoms with Crippen molar-refractivity contribution < 1.29 is 19.1 Å². The highest BCUT2D eigenvalue weighted by atomic mass is 16.5. The highest BCUT2D eigenvalue weighted by molar-refractivity contribution is 6.12. The minimum atomic E-state index is -1.12. The molecule has 0 aromatic carbocycles. The number of esters is 1. The smallest absolute Gasteiger partial charge is 0.332 e. The van der Waals surface area contributed by atoms with Crippen LogP contribution in [0.2, 0.25) is 0 Å². The van der Waals surface area contributed by atoms with Crippen LogP contribution in [0.3, 0.4) is 0 Å². The van der Waals surface area contributed by atoms with Crippen LogP contribution in [0.1, 0.15) is 13.8 Å². The molecule has 0 radical (unpaired) electrons. The van der Waals surface area contributed by atoms with E-state index in [-0.39, 0.29) is 0 Å². The second kappa shape index (κ2) is 3.38. The van der Waals surface area contributed by atoms with E-state index in [0.29, 0.717) is 0 Å². The van der Waals surface area contributed by atoms with Gasteiger partial charge in [-0.2, -0.15) is 0 Å². The summed E-state index contributed by atoms with van der Waals surface area (Å²) in [6, 6.07) is -1.12. The fraction of sp³-hybridized carbons (Fsp3) is 0.625. The lowest BCUT2D eigenvalue weighted by Gasteiger charge is -2.33. The molecule has 78 valence electrons. The number of amides is 2. The Morgan fingerprint density at radius 2 is 2.00 bits per heavy atom. The summed E-state index contributed by atoms with van der Waals surface area (Å²) < 4.78 is 4.42. The molecule has 1 aliphatic rings. The molecule has 1 atom stereocenters. The molecule has 1 saturated heterocycles. The summed E-state index contributed by atoms with van der Waals surface area (Å²) in [7, 11) is 1.18. The second-order valence-corrected chi connectivity index (χ2v) is 3.54. The SMILES string of the molecule is COC(=O)C1NC(C)(C)C(=O)NC1=O. The topological polar surface area (TPSA) is 84.5 Å². The fourth-order valence-electron chi connectivity index (χ4n) is 1.12. The number of methoxy groups -OCH3 is 1. The third-order valence-corrected chi connectivity index (χ3v) is 2.01. The Morgan fingerprint density at radius 3 is 2.50 bits per heavy atom. The molecule has 1 aliphatic heterocycles. The minimum Gasteiger partial charge on any atom is -0.467 e. The molecule has 1 unspecified atom stereocenters. The molecule has 1 fully saturated rings. The number of nitrogens with one attached hydrogen (secondary N) is 2. The highest BCUT2D eigenvalue weighted by Gasteiger charge is 2.43. The van der Waals surface area contributed by atoms with E-state index >= 15 is 0 Å². The van der Waals surface area contributed by atoms with Crippen molar-refractivity contribution in [2.24, 2.45) is 0 Å². The van der Waals surface area contributed by atoms with Gasteiger partial charge in [0.1, 0.15) is 0 Å². The van der Waals surface area contributed by atoms with Crippen LogP contribution in [0.4, 0.5) is 0 Å². The Balaban J connectivity index is 2.85. The van der Waals surface area contributed by atoms with Gasteiger partial charge in [0.2, 0.25) is 5.91 Å². The first-order valence-electron chi connectivity index (χ1n) is 4.09. The van der Waals surface area contributed by atoms with Crippen molar-refractivity contribution >= 4 is 17.8 Å². The molecule has 6 heteroatoms. The van der Waals surface area contributed by atoms with E-state index in [4.69, 9.17) is 0 Å². The number of carbonyl (C=O) groups is 3.